The van der Waals surface area contributed by atoms with Gasteiger partial charge in [0.15, 0.2) is 0 Å². The van der Waals surface area contributed by atoms with Gasteiger partial charge in [0.25, 0.3) is 0 Å². The van der Waals surface area contributed by atoms with Gasteiger partial charge in [0.1, 0.15) is 0 Å². The van der Waals surface area contributed by atoms with E-state index < -0.39 is 0 Å². The van der Waals surface area contributed by atoms with E-state index in [0.29, 0.717) is 11.9 Å². The van der Waals surface area contributed by atoms with Gasteiger partial charge in [-0.15, -0.1) is 11.6 Å². The molecule has 0 heterocycles. The number of hydrogen-bond donors (Lipinski definition) is 1. The van der Waals surface area contributed by atoms with E-state index in [1.807, 2.05) is 0 Å². The topological polar surface area (TPSA) is 12.0 Å². The van der Waals surface area contributed by atoms with Gasteiger partial charge in [0.2, 0.25) is 0 Å². The highest BCUT2D eigenvalue weighted by atomic mass is 35.5. The first-order valence-electron chi connectivity index (χ1n) is 4.59. The Morgan fingerprint density at radius 3 is 2.31 bits per heavy atom. The molecule has 1 aromatic carbocycles. The van der Waals surface area contributed by atoms with Gasteiger partial charge in [0, 0.05) is 6.54 Å². The Bertz CT molecular complexity index is 241. The summed E-state index contributed by atoms with van der Waals surface area (Å²) in [6.07, 6.45) is 0. The van der Waals surface area contributed by atoms with Crippen molar-refractivity contribution < 1.29 is 0 Å². The van der Waals surface area contributed by atoms with Crippen molar-refractivity contribution in [3.63, 3.8) is 0 Å². The maximum atomic E-state index is 5.52. The van der Waals surface area contributed by atoms with Crippen molar-refractivity contribution in [3.8, 4) is 0 Å². The van der Waals surface area contributed by atoms with Gasteiger partial charge in [0.05, 0.1) is 6.00 Å². The summed E-state index contributed by atoms with van der Waals surface area (Å²) < 4.78 is 0. The van der Waals surface area contributed by atoms with Crippen LogP contribution in [0.4, 0.5) is 0 Å². The number of hydrogen-bond acceptors (Lipinski definition) is 1. The van der Waals surface area contributed by atoms with E-state index in [9.17, 15) is 0 Å². The summed E-state index contributed by atoms with van der Waals surface area (Å²) in [5.41, 5.74) is 2.67. The lowest BCUT2D eigenvalue weighted by atomic mass is 10.0. The molecule has 2 heteroatoms. The third kappa shape index (κ3) is 3.37. The minimum absolute atomic E-state index is 0.506. The summed E-state index contributed by atoms with van der Waals surface area (Å²) in [7, 11) is 0. The SMILES string of the molecule is CC(C)c1ccc(CNCCl)cc1. The van der Waals surface area contributed by atoms with E-state index in [0.717, 1.165) is 6.54 Å². The maximum absolute atomic E-state index is 5.52. The zero-order valence-corrected chi connectivity index (χ0v) is 8.93. The molecule has 1 N–H and O–H groups in total. The summed E-state index contributed by atoms with van der Waals surface area (Å²) in [5, 5.41) is 3.08. The monoisotopic (exact) mass is 197 g/mol. The molecule has 0 saturated carbocycles. The van der Waals surface area contributed by atoms with E-state index in [4.69, 9.17) is 11.6 Å². The highest BCUT2D eigenvalue weighted by molar-refractivity contribution is 6.17. The summed E-state index contributed by atoms with van der Waals surface area (Å²) in [6.45, 7) is 5.25. The molecular weight excluding hydrogens is 182 g/mol. The van der Waals surface area contributed by atoms with Crippen molar-refractivity contribution in [3.05, 3.63) is 35.4 Å². The third-order valence-electron chi connectivity index (χ3n) is 2.07. The van der Waals surface area contributed by atoms with Crippen LogP contribution < -0.4 is 5.32 Å². The van der Waals surface area contributed by atoms with Crippen LogP contribution in [-0.2, 0) is 6.54 Å². The summed E-state index contributed by atoms with van der Waals surface area (Å²) in [6, 6.07) is 9.15. The molecule has 0 atom stereocenters. The van der Waals surface area contributed by atoms with Crippen LogP contribution >= 0.6 is 11.6 Å². The van der Waals surface area contributed by atoms with Crippen LogP contribution in [0.25, 0.3) is 0 Å². The zero-order chi connectivity index (χ0) is 9.68. The van der Waals surface area contributed by atoms with Crippen LogP contribution in [-0.4, -0.2) is 6.00 Å². The van der Waals surface area contributed by atoms with E-state index in [2.05, 4.69) is 43.4 Å². The van der Waals surface area contributed by atoms with E-state index in [1.54, 1.807) is 0 Å². The minimum atomic E-state index is 0.506. The lowest BCUT2D eigenvalue weighted by molar-refractivity contribution is 0.788. The van der Waals surface area contributed by atoms with Crippen molar-refractivity contribution in [2.24, 2.45) is 0 Å². The fraction of sp³-hybridized carbons (Fsp3) is 0.455. The van der Waals surface area contributed by atoms with E-state index in [-0.39, 0.29) is 0 Å². The predicted molar refractivity (Wildman–Crippen MR) is 58.1 cm³/mol. The lowest BCUT2D eigenvalue weighted by Crippen LogP contribution is -2.09. The van der Waals surface area contributed by atoms with Crippen molar-refractivity contribution in [2.75, 3.05) is 6.00 Å². The zero-order valence-electron chi connectivity index (χ0n) is 8.18. The molecule has 1 rings (SSSR count). The quantitative estimate of drug-likeness (QED) is 0.578. The molecule has 1 aromatic rings. The summed E-state index contributed by atoms with van der Waals surface area (Å²) >= 11 is 5.52. The average molecular weight is 198 g/mol. The van der Waals surface area contributed by atoms with Crippen molar-refractivity contribution in [1.29, 1.82) is 0 Å². The smallest absolute Gasteiger partial charge is 0.0716 e. The minimum Gasteiger partial charge on any atom is -0.300 e. The first-order valence-corrected chi connectivity index (χ1v) is 5.13. The molecule has 0 fully saturated rings. The van der Waals surface area contributed by atoms with Crippen LogP contribution in [0.15, 0.2) is 24.3 Å². The molecule has 13 heavy (non-hydrogen) atoms. The first kappa shape index (κ1) is 10.6. The van der Waals surface area contributed by atoms with Crippen molar-refractivity contribution in [1.82, 2.24) is 5.32 Å². The van der Waals surface area contributed by atoms with Crippen molar-refractivity contribution >= 4 is 11.6 Å². The second-order valence-corrected chi connectivity index (χ2v) is 3.72. The van der Waals surface area contributed by atoms with Gasteiger partial charge in [-0.25, -0.2) is 0 Å². The molecule has 0 aliphatic rings. The van der Waals surface area contributed by atoms with E-state index in [1.165, 1.54) is 11.1 Å². The number of alkyl halides is 1. The Hall–Kier alpha value is -0.530. The fourth-order valence-electron chi connectivity index (χ4n) is 1.21. The molecule has 0 amide bonds. The van der Waals surface area contributed by atoms with Gasteiger partial charge in [-0.3, -0.25) is 5.32 Å². The fourth-order valence-corrected chi connectivity index (χ4v) is 1.31. The summed E-state index contributed by atoms with van der Waals surface area (Å²) in [5.74, 6) is 0.607. The predicted octanol–water partition coefficient (Wildman–Crippen LogP) is 3.10. The molecule has 0 aromatic heterocycles. The van der Waals surface area contributed by atoms with Crippen LogP contribution in [0.3, 0.4) is 0 Å². The van der Waals surface area contributed by atoms with Crippen LogP contribution in [0, 0.1) is 0 Å². The number of benzene rings is 1. The first-order chi connectivity index (χ1) is 6.24. The van der Waals surface area contributed by atoms with Crippen LogP contribution in [0.5, 0.6) is 0 Å². The number of nitrogens with one attached hydrogen (secondary N) is 1. The van der Waals surface area contributed by atoms with Crippen molar-refractivity contribution in [2.45, 2.75) is 26.3 Å². The van der Waals surface area contributed by atoms with Gasteiger partial charge in [-0.2, -0.15) is 0 Å². The van der Waals surface area contributed by atoms with Crippen LogP contribution in [0.2, 0.25) is 0 Å². The highest BCUT2D eigenvalue weighted by Gasteiger charge is 1.97. The molecule has 72 valence electrons. The molecular formula is C11H16ClN. The van der Waals surface area contributed by atoms with Crippen LogP contribution in [0.1, 0.15) is 30.9 Å². The van der Waals surface area contributed by atoms with Gasteiger partial charge in [-0.1, -0.05) is 38.1 Å². The number of rotatable bonds is 4. The Morgan fingerprint density at radius 2 is 1.85 bits per heavy atom. The Morgan fingerprint density at radius 1 is 1.23 bits per heavy atom. The maximum Gasteiger partial charge on any atom is 0.0716 e. The average Bonchev–Trinajstić information content (AvgIpc) is 2.15. The second-order valence-electron chi connectivity index (χ2n) is 3.46. The standard InChI is InChI=1S/C11H16ClN/c1-9(2)11-5-3-10(4-6-11)7-13-8-12/h3-6,9,13H,7-8H2,1-2H3. The second kappa shape index (κ2) is 5.25. The van der Waals surface area contributed by atoms with Gasteiger partial charge in [-0.05, 0) is 17.0 Å². The van der Waals surface area contributed by atoms with Gasteiger partial charge >= 0.3 is 0 Å². The molecule has 1 nitrogen and oxygen atoms in total. The molecule has 0 aliphatic carbocycles. The van der Waals surface area contributed by atoms with Gasteiger partial charge < -0.3 is 0 Å². The Labute approximate surface area is 85.1 Å². The molecule has 0 aliphatic heterocycles. The summed E-state index contributed by atoms with van der Waals surface area (Å²) in [4.78, 5) is 0. The normalized spacial score (nSPS) is 10.8. The molecule has 0 spiro atoms. The third-order valence-corrected chi connectivity index (χ3v) is 2.26. The molecule has 0 unspecified atom stereocenters. The Balaban J connectivity index is 2.59. The number of halogens is 1. The molecule has 0 bridgehead atoms. The molecule has 0 saturated heterocycles. The Kier molecular flexibility index (Phi) is 4.26. The van der Waals surface area contributed by atoms with E-state index >= 15 is 0 Å². The highest BCUT2D eigenvalue weighted by Crippen LogP contribution is 2.14. The molecule has 0 radical (unpaired) electrons. The largest absolute Gasteiger partial charge is 0.300 e. The lowest BCUT2D eigenvalue weighted by Gasteiger charge is -2.06.